The predicted octanol–water partition coefficient (Wildman–Crippen LogP) is 5.09. The lowest BCUT2D eigenvalue weighted by Crippen LogP contribution is -2.13. The second kappa shape index (κ2) is 9.39. The number of hydrogen-bond acceptors (Lipinski definition) is 5. The first-order valence-corrected chi connectivity index (χ1v) is 10.3. The second-order valence-electron chi connectivity index (χ2n) is 7.16. The Hall–Kier alpha value is -4.06. The Balaban J connectivity index is 1.71. The van der Waals surface area contributed by atoms with Crippen LogP contribution in [0.1, 0.15) is 33.3 Å². The lowest BCUT2D eigenvalue weighted by atomic mass is 10.2. The second-order valence-corrected chi connectivity index (χ2v) is 7.16. The highest BCUT2D eigenvalue weighted by atomic mass is 16.5. The van der Waals surface area contributed by atoms with Gasteiger partial charge in [-0.05, 0) is 55.0 Å². The third-order valence-corrected chi connectivity index (χ3v) is 5.08. The molecule has 0 saturated carbocycles. The van der Waals surface area contributed by atoms with E-state index in [1.54, 1.807) is 56.5 Å². The maximum absolute atomic E-state index is 12.6. The van der Waals surface area contributed by atoms with Crippen LogP contribution in [0.15, 0.2) is 78.9 Å². The molecule has 1 heterocycles. The van der Waals surface area contributed by atoms with E-state index >= 15 is 0 Å². The summed E-state index contributed by atoms with van der Waals surface area (Å²) in [6.45, 7) is 2.50. The third-order valence-electron chi connectivity index (χ3n) is 5.08. The van der Waals surface area contributed by atoms with Crippen molar-refractivity contribution in [1.82, 2.24) is 4.57 Å². The molecule has 6 nitrogen and oxygen atoms in total. The zero-order valence-corrected chi connectivity index (χ0v) is 17.9. The molecule has 0 spiro atoms. The topological polar surface area (TPSA) is 66.8 Å². The molecule has 0 unspecified atom stereocenters. The molecule has 0 amide bonds. The summed E-state index contributed by atoms with van der Waals surface area (Å²) in [4.78, 5) is 25.1. The average molecular weight is 429 g/mol. The number of esters is 2. The Morgan fingerprint density at radius 1 is 0.844 bits per heavy atom. The van der Waals surface area contributed by atoms with Crippen molar-refractivity contribution in [3.8, 4) is 11.5 Å². The van der Waals surface area contributed by atoms with Crippen LogP contribution in [0.3, 0.4) is 0 Å². The zero-order valence-electron chi connectivity index (χ0n) is 17.9. The fourth-order valence-corrected chi connectivity index (χ4v) is 3.50. The van der Waals surface area contributed by atoms with Crippen LogP contribution >= 0.6 is 0 Å². The Kier molecular flexibility index (Phi) is 6.22. The summed E-state index contributed by atoms with van der Waals surface area (Å²) in [7, 11) is 1.62. The molecule has 0 aliphatic rings. The SMILES string of the molecule is CCOC(=O)c1cc2ccc(OC(=O)c3ccccc3)cc2n1Cc1ccc(OC)cc1. The maximum atomic E-state index is 12.6. The normalized spacial score (nSPS) is 10.7. The average Bonchev–Trinajstić information content (AvgIpc) is 3.18. The van der Waals surface area contributed by atoms with Crippen LogP contribution in [0.4, 0.5) is 0 Å². The van der Waals surface area contributed by atoms with Crippen molar-refractivity contribution in [3.05, 3.63) is 95.7 Å². The van der Waals surface area contributed by atoms with Gasteiger partial charge in [-0.1, -0.05) is 30.3 Å². The first kappa shape index (κ1) is 21.2. The van der Waals surface area contributed by atoms with E-state index < -0.39 is 11.9 Å². The van der Waals surface area contributed by atoms with Gasteiger partial charge in [-0.2, -0.15) is 0 Å². The molecule has 0 bridgehead atoms. The Labute approximate surface area is 185 Å². The van der Waals surface area contributed by atoms with E-state index in [1.807, 2.05) is 41.0 Å². The predicted molar refractivity (Wildman–Crippen MR) is 121 cm³/mol. The molecule has 0 fully saturated rings. The Bertz CT molecular complexity index is 1240. The highest BCUT2D eigenvalue weighted by Gasteiger charge is 2.18. The van der Waals surface area contributed by atoms with Gasteiger partial charge in [0.2, 0.25) is 0 Å². The fraction of sp³-hybridized carbons (Fsp3) is 0.154. The standard InChI is InChI=1S/C26H23NO5/c1-3-31-26(29)24-15-20-11-14-22(32-25(28)19-7-5-4-6-8-19)16-23(20)27(24)17-18-9-12-21(30-2)13-10-18/h4-16H,3,17H2,1-2H3. The van der Waals surface area contributed by atoms with Crippen molar-refractivity contribution in [3.63, 3.8) is 0 Å². The fourth-order valence-electron chi connectivity index (χ4n) is 3.50. The summed E-state index contributed by atoms with van der Waals surface area (Å²) < 4.78 is 17.9. The van der Waals surface area contributed by atoms with E-state index in [2.05, 4.69) is 0 Å². The molecule has 4 aromatic rings. The van der Waals surface area contributed by atoms with Crippen molar-refractivity contribution >= 4 is 22.8 Å². The molecule has 0 radical (unpaired) electrons. The summed E-state index contributed by atoms with van der Waals surface area (Å²) in [6, 6.07) is 23.5. The van der Waals surface area contributed by atoms with E-state index in [-0.39, 0.29) is 6.61 Å². The number of aromatic nitrogens is 1. The molecular formula is C26H23NO5. The molecule has 0 aliphatic carbocycles. The monoisotopic (exact) mass is 429 g/mol. The van der Waals surface area contributed by atoms with E-state index in [9.17, 15) is 9.59 Å². The van der Waals surface area contributed by atoms with Crippen LogP contribution in [0.5, 0.6) is 11.5 Å². The quantitative estimate of drug-likeness (QED) is 0.302. The van der Waals surface area contributed by atoms with Crippen molar-refractivity contribution in [2.75, 3.05) is 13.7 Å². The number of hydrogen-bond donors (Lipinski definition) is 0. The number of nitrogens with zero attached hydrogens (tertiary/aromatic N) is 1. The molecule has 6 heteroatoms. The zero-order chi connectivity index (χ0) is 22.5. The van der Waals surface area contributed by atoms with Crippen LogP contribution < -0.4 is 9.47 Å². The molecule has 162 valence electrons. The van der Waals surface area contributed by atoms with Gasteiger partial charge in [0.05, 0.1) is 24.8 Å². The summed E-state index contributed by atoms with van der Waals surface area (Å²) >= 11 is 0. The first-order chi connectivity index (χ1) is 15.6. The number of fused-ring (bicyclic) bond motifs is 1. The van der Waals surface area contributed by atoms with Crippen LogP contribution in [0.2, 0.25) is 0 Å². The van der Waals surface area contributed by atoms with Crippen molar-refractivity contribution in [2.45, 2.75) is 13.5 Å². The van der Waals surface area contributed by atoms with Crippen LogP contribution in [-0.2, 0) is 11.3 Å². The molecule has 0 atom stereocenters. The Morgan fingerprint density at radius 3 is 2.25 bits per heavy atom. The molecule has 32 heavy (non-hydrogen) atoms. The molecule has 0 saturated heterocycles. The number of benzene rings is 3. The number of carbonyl (C=O) groups excluding carboxylic acids is 2. The summed E-state index contributed by atoms with van der Waals surface area (Å²) in [6.07, 6.45) is 0. The van der Waals surface area contributed by atoms with Crippen LogP contribution in [0.25, 0.3) is 10.9 Å². The third kappa shape index (κ3) is 4.49. The molecule has 1 aromatic heterocycles. The van der Waals surface area contributed by atoms with Gasteiger partial charge in [0.25, 0.3) is 0 Å². The summed E-state index contributed by atoms with van der Waals surface area (Å²) in [5.41, 5.74) is 2.65. The van der Waals surface area contributed by atoms with E-state index in [1.165, 1.54) is 0 Å². The minimum Gasteiger partial charge on any atom is -0.497 e. The molecule has 3 aromatic carbocycles. The van der Waals surface area contributed by atoms with Crippen molar-refractivity contribution < 1.29 is 23.8 Å². The lowest BCUT2D eigenvalue weighted by Gasteiger charge is -2.12. The molecule has 0 N–H and O–H groups in total. The van der Waals surface area contributed by atoms with Gasteiger partial charge in [-0.15, -0.1) is 0 Å². The number of carbonyl (C=O) groups is 2. The van der Waals surface area contributed by atoms with Gasteiger partial charge >= 0.3 is 11.9 Å². The van der Waals surface area contributed by atoms with Crippen molar-refractivity contribution in [1.29, 1.82) is 0 Å². The van der Waals surface area contributed by atoms with Crippen LogP contribution in [0, 0.1) is 0 Å². The maximum Gasteiger partial charge on any atom is 0.354 e. The summed E-state index contributed by atoms with van der Waals surface area (Å²) in [5, 5.41) is 0.848. The van der Waals surface area contributed by atoms with Gasteiger partial charge in [0, 0.05) is 18.0 Å². The highest BCUT2D eigenvalue weighted by molar-refractivity contribution is 5.97. The first-order valence-electron chi connectivity index (χ1n) is 10.3. The van der Waals surface area contributed by atoms with Crippen LogP contribution in [-0.4, -0.2) is 30.2 Å². The highest BCUT2D eigenvalue weighted by Crippen LogP contribution is 2.27. The number of rotatable bonds is 7. The lowest BCUT2D eigenvalue weighted by molar-refractivity contribution is 0.0514. The van der Waals surface area contributed by atoms with E-state index in [0.29, 0.717) is 23.6 Å². The number of ether oxygens (including phenoxy) is 3. The summed E-state index contributed by atoms with van der Waals surface area (Å²) in [5.74, 6) is 0.312. The largest absolute Gasteiger partial charge is 0.497 e. The van der Waals surface area contributed by atoms with E-state index in [4.69, 9.17) is 14.2 Å². The van der Waals surface area contributed by atoms with Gasteiger partial charge in [-0.3, -0.25) is 0 Å². The molecule has 4 rings (SSSR count). The van der Waals surface area contributed by atoms with Gasteiger partial charge < -0.3 is 18.8 Å². The van der Waals surface area contributed by atoms with Crippen molar-refractivity contribution in [2.24, 2.45) is 0 Å². The minimum absolute atomic E-state index is 0.281. The number of methoxy groups -OCH3 is 1. The smallest absolute Gasteiger partial charge is 0.354 e. The van der Waals surface area contributed by atoms with Gasteiger partial charge in [0.15, 0.2) is 0 Å². The Morgan fingerprint density at radius 2 is 1.56 bits per heavy atom. The van der Waals surface area contributed by atoms with E-state index in [0.717, 1.165) is 22.2 Å². The molecule has 0 aliphatic heterocycles. The van der Waals surface area contributed by atoms with Gasteiger partial charge in [-0.25, -0.2) is 9.59 Å². The minimum atomic E-state index is -0.441. The molecular weight excluding hydrogens is 406 g/mol. The van der Waals surface area contributed by atoms with Gasteiger partial charge in [0.1, 0.15) is 17.2 Å².